The molecule has 5 aromatic rings. The van der Waals surface area contributed by atoms with Crippen LogP contribution in [0.25, 0.3) is 21.9 Å². The van der Waals surface area contributed by atoms with Crippen LogP contribution in [0.3, 0.4) is 0 Å². The summed E-state index contributed by atoms with van der Waals surface area (Å²) in [4.78, 5) is 42.1. The van der Waals surface area contributed by atoms with Gasteiger partial charge in [-0.1, -0.05) is 48.5 Å². The lowest BCUT2D eigenvalue weighted by Gasteiger charge is -2.22. The Bertz CT molecular complexity index is 1880. The van der Waals surface area contributed by atoms with Crippen LogP contribution in [0.1, 0.15) is 20.7 Å². The van der Waals surface area contributed by atoms with Crippen LogP contribution >= 0.6 is 0 Å². The number of rotatable bonds is 7. The summed E-state index contributed by atoms with van der Waals surface area (Å²) in [6, 6.07) is 21.5. The molecule has 0 unspecified atom stereocenters. The molecular weight excluding hydrogens is 518 g/mol. The summed E-state index contributed by atoms with van der Waals surface area (Å²) in [5, 5.41) is 0.804. The van der Waals surface area contributed by atoms with E-state index in [1.54, 1.807) is 73.8 Å². The molecule has 0 fully saturated rings. The van der Waals surface area contributed by atoms with Crippen molar-refractivity contribution in [2.75, 3.05) is 27.2 Å². The Morgan fingerprint density at radius 1 is 0.769 bits per heavy atom. The van der Waals surface area contributed by atoms with Crippen molar-refractivity contribution in [2.45, 2.75) is 4.90 Å². The topological polar surface area (TPSA) is 110 Å². The van der Waals surface area contributed by atoms with Gasteiger partial charge in [-0.15, -0.1) is 0 Å². The highest BCUT2D eigenvalue weighted by Crippen LogP contribution is 2.27. The number of carbonyl (C=O) groups excluding carboxylic acids is 2. The first-order chi connectivity index (χ1) is 18.7. The molecule has 3 aromatic carbocycles. The van der Waals surface area contributed by atoms with Crippen LogP contribution in [0.5, 0.6) is 0 Å². The highest BCUT2D eigenvalue weighted by atomic mass is 32.2. The molecule has 0 atom stereocenters. The van der Waals surface area contributed by atoms with Gasteiger partial charge in [0.15, 0.2) is 0 Å². The van der Waals surface area contributed by atoms with E-state index in [1.807, 2.05) is 0 Å². The lowest BCUT2D eigenvalue weighted by atomic mass is 10.1. The van der Waals surface area contributed by atoms with E-state index in [0.717, 1.165) is 10.2 Å². The minimum Gasteiger partial charge on any atom is -0.463 e. The molecule has 0 N–H and O–H groups in total. The lowest BCUT2D eigenvalue weighted by Crippen LogP contribution is -2.38. The van der Waals surface area contributed by atoms with Crippen molar-refractivity contribution >= 4 is 43.7 Å². The van der Waals surface area contributed by atoms with Gasteiger partial charge in [0, 0.05) is 38.8 Å². The highest BCUT2D eigenvalue weighted by Gasteiger charge is 2.25. The second-order valence-electron chi connectivity index (χ2n) is 9.10. The van der Waals surface area contributed by atoms with E-state index in [2.05, 4.69) is 0 Å². The minimum atomic E-state index is -3.94. The Balaban J connectivity index is 1.36. The molecule has 10 heteroatoms. The van der Waals surface area contributed by atoms with Crippen LogP contribution in [-0.4, -0.2) is 61.2 Å². The van der Waals surface area contributed by atoms with Gasteiger partial charge in [-0.2, -0.15) is 0 Å². The Morgan fingerprint density at radius 2 is 1.33 bits per heavy atom. The Hall–Kier alpha value is -4.70. The monoisotopic (exact) mass is 543 g/mol. The first-order valence-corrected chi connectivity index (χ1v) is 13.6. The summed E-state index contributed by atoms with van der Waals surface area (Å²) in [7, 11) is -0.829. The van der Waals surface area contributed by atoms with Crippen LogP contribution < -0.4 is 5.43 Å². The molecule has 0 aliphatic rings. The smallest absolute Gasteiger partial charge is 0.268 e. The molecule has 0 radical (unpaired) electrons. The van der Waals surface area contributed by atoms with Gasteiger partial charge in [0.05, 0.1) is 21.4 Å². The number of amides is 2. The predicted octanol–water partition coefficient (Wildman–Crippen LogP) is 3.83. The Kier molecular flexibility index (Phi) is 6.80. The first kappa shape index (κ1) is 25.9. The third-order valence-corrected chi connectivity index (χ3v) is 8.27. The van der Waals surface area contributed by atoms with E-state index in [0.29, 0.717) is 21.9 Å². The van der Waals surface area contributed by atoms with Crippen molar-refractivity contribution in [3.63, 3.8) is 0 Å². The fourth-order valence-electron chi connectivity index (χ4n) is 4.37. The third-order valence-electron chi connectivity index (χ3n) is 6.58. The normalized spacial score (nSPS) is 11.5. The quantitative estimate of drug-likeness (QED) is 0.309. The molecule has 198 valence electrons. The summed E-state index contributed by atoms with van der Waals surface area (Å²) in [5.41, 5.74) is 0.468. The number of hydrogen-bond donors (Lipinski definition) is 0. The zero-order valence-corrected chi connectivity index (χ0v) is 22.1. The predicted molar refractivity (Wildman–Crippen MR) is 147 cm³/mol. The first-order valence-electron chi connectivity index (χ1n) is 12.1. The number of nitrogens with zero attached hydrogens (tertiary/aromatic N) is 3. The summed E-state index contributed by atoms with van der Waals surface area (Å²) in [6.45, 7) is 0.277. The van der Waals surface area contributed by atoms with Gasteiger partial charge >= 0.3 is 0 Å². The largest absolute Gasteiger partial charge is 0.463 e. The number of likely N-dealkylation sites (N-methyl/N-ethyl adjacent to an activating group) is 2. The SMILES string of the molecule is CN(CCN(C)C(=O)c1cn(S(=O)(=O)c2ccccc2)c2ccccc12)C(=O)c1coc2ccccc2c1=O. The molecule has 0 saturated carbocycles. The van der Waals surface area contributed by atoms with Gasteiger partial charge in [-0.25, -0.2) is 12.4 Å². The number of fused-ring (bicyclic) bond motifs is 2. The standard InChI is InChI=1S/C29H25N3O6S/c1-30(16-17-31(2)29(35)24-19-38-26-15-9-7-13-22(26)27(24)33)28(34)23-18-32(25-14-8-6-12-21(23)25)39(36,37)20-10-4-3-5-11-20/h3-15,18-19H,16-17H2,1-2H3. The van der Waals surface area contributed by atoms with Crippen molar-refractivity contribution in [1.29, 1.82) is 0 Å². The number of benzene rings is 3. The molecule has 0 aliphatic heterocycles. The molecule has 0 spiro atoms. The van der Waals surface area contributed by atoms with Crippen molar-refractivity contribution in [3.8, 4) is 0 Å². The van der Waals surface area contributed by atoms with Crippen molar-refractivity contribution in [2.24, 2.45) is 0 Å². The summed E-state index contributed by atoms with van der Waals surface area (Å²) in [5.74, 6) is -0.930. The van der Waals surface area contributed by atoms with E-state index in [1.165, 1.54) is 35.2 Å². The molecule has 0 bridgehead atoms. The molecule has 0 saturated heterocycles. The van der Waals surface area contributed by atoms with Crippen LogP contribution in [0, 0.1) is 0 Å². The molecule has 39 heavy (non-hydrogen) atoms. The molecule has 5 rings (SSSR count). The van der Waals surface area contributed by atoms with Crippen molar-refractivity contribution < 1.29 is 22.4 Å². The molecule has 2 amide bonds. The fraction of sp³-hybridized carbons (Fsp3) is 0.138. The van der Waals surface area contributed by atoms with Gasteiger partial charge in [0.25, 0.3) is 21.8 Å². The van der Waals surface area contributed by atoms with Crippen LogP contribution in [-0.2, 0) is 10.0 Å². The Morgan fingerprint density at radius 3 is 2.03 bits per heavy atom. The van der Waals surface area contributed by atoms with Gasteiger partial charge < -0.3 is 14.2 Å². The van der Waals surface area contributed by atoms with Gasteiger partial charge in [0.2, 0.25) is 5.43 Å². The number of hydrogen-bond acceptors (Lipinski definition) is 6. The average Bonchev–Trinajstić information content (AvgIpc) is 3.36. The second kappa shape index (κ2) is 10.2. The minimum absolute atomic E-state index is 0.0978. The number of para-hydroxylation sites is 2. The van der Waals surface area contributed by atoms with E-state index in [9.17, 15) is 22.8 Å². The zero-order chi connectivity index (χ0) is 27.7. The van der Waals surface area contributed by atoms with Crippen LogP contribution in [0.2, 0.25) is 0 Å². The van der Waals surface area contributed by atoms with Gasteiger partial charge in [-0.05, 0) is 30.3 Å². The van der Waals surface area contributed by atoms with Crippen molar-refractivity contribution in [1.82, 2.24) is 13.8 Å². The Labute approximate surface area is 224 Å². The van der Waals surface area contributed by atoms with Gasteiger partial charge in [0.1, 0.15) is 17.4 Å². The van der Waals surface area contributed by atoms with E-state index in [4.69, 9.17) is 4.42 Å². The van der Waals surface area contributed by atoms with Crippen molar-refractivity contribution in [3.05, 3.63) is 113 Å². The average molecular weight is 544 g/mol. The highest BCUT2D eigenvalue weighted by molar-refractivity contribution is 7.90. The zero-order valence-electron chi connectivity index (χ0n) is 21.3. The number of carbonyl (C=O) groups is 2. The molecular formula is C29H25N3O6S. The lowest BCUT2D eigenvalue weighted by molar-refractivity contribution is 0.0718. The summed E-state index contributed by atoms with van der Waals surface area (Å²) >= 11 is 0. The van der Waals surface area contributed by atoms with E-state index >= 15 is 0 Å². The maximum absolute atomic E-state index is 13.4. The van der Waals surface area contributed by atoms with Crippen LogP contribution in [0.15, 0.2) is 105 Å². The molecule has 2 aromatic heterocycles. The van der Waals surface area contributed by atoms with E-state index in [-0.39, 0.29) is 29.1 Å². The van der Waals surface area contributed by atoms with E-state index < -0.39 is 27.3 Å². The van der Waals surface area contributed by atoms with Crippen LogP contribution in [0.4, 0.5) is 0 Å². The second-order valence-corrected chi connectivity index (χ2v) is 10.9. The maximum atomic E-state index is 13.4. The molecule has 0 aliphatic carbocycles. The summed E-state index contributed by atoms with van der Waals surface area (Å²) in [6.07, 6.45) is 2.49. The molecule has 9 nitrogen and oxygen atoms in total. The summed E-state index contributed by atoms with van der Waals surface area (Å²) < 4.78 is 33.3. The maximum Gasteiger partial charge on any atom is 0.268 e. The third kappa shape index (κ3) is 4.70. The van der Waals surface area contributed by atoms with Gasteiger partial charge in [-0.3, -0.25) is 14.4 Å². The molecule has 2 heterocycles. The number of aromatic nitrogens is 1. The fourth-order valence-corrected chi connectivity index (χ4v) is 5.76.